The van der Waals surface area contributed by atoms with E-state index in [2.05, 4.69) is 38.8 Å². The minimum absolute atomic E-state index is 0.641. The second kappa shape index (κ2) is 4.30. The van der Waals surface area contributed by atoms with Gasteiger partial charge in [-0.2, -0.15) is 0 Å². The van der Waals surface area contributed by atoms with Crippen molar-refractivity contribution in [2.24, 2.45) is 0 Å². The molecule has 0 radical (unpaired) electrons. The van der Waals surface area contributed by atoms with Crippen molar-refractivity contribution >= 4 is 21.7 Å². The van der Waals surface area contributed by atoms with Crippen LogP contribution in [0.2, 0.25) is 0 Å². The van der Waals surface area contributed by atoms with Gasteiger partial charge in [-0.3, -0.25) is 0 Å². The standard InChI is InChI=1S/C11H15BrN2/c1-9-4-3-7-14(9)11-10(8-12)5-2-6-13-11/h2,5-6,9H,3-4,7-8H2,1H3. The van der Waals surface area contributed by atoms with Gasteiger partial charge in [-0.05, 0) is 25.8 Å². The Labute approximate surface area is 93.5 Å². The number of anilines is 1. The highest BCUT2D eigenvalue weighted by molar-refractivity contribution is 9.08. The Hall–Kier alpha value is -0.570. The lowest BCUT2D eigenvalue weighted by molar-refractivity contribution is 0.725. The fourth-order valence-corrected chi connectivity index (χ4v) is 2.48. The minimum Gasteiger partial charge on any atom is -0.354 e. The van der Waals surface area contributed by atoms with Crippen LogP contribution in [-0.4, -0.2) is 17.6 Å². The number of halogens is 1. The number of pyridine rings is 1. The Bertz CT molecular complexity index is 314. The van der Waals surface area contributed by atoms with Crippen LogP contribution in [0.5, 0.6) is 0 Å². The van der Waals surface area contributed by atoms with Crippen LogP contribution in [0.15, 0.2) is 18.3 Å². The highest BCUT2D eigenvalue weighted by atomic mass is 79.9. The average Bonchev–Trinajstić information content (AvgIpc) is 2.64. The van der Waals surface area contributed by atoms with Crippen molar-refractivity contribution in [2.45, 2.75) is 31.1 Å². The largest absolute Gasteiger partial charge is 0.354 e. The van der Waals surface area contributed by atoms with Gasteiger partial charge in [-0.25, -0.2) is 4.98 Å². The highest BCUT2D eigenvalue weighted by Crippen LogP contribution is 2.27. The number of hydrogen-bond acceptors (Lipinski definition) is 2. The fourth-order valence-electron chi connectivity index (χ4n) is 2.04. The van der Waals surface area contributed by atoms with E-state index in [1.807, 2.05) is 12.3 Å². The molecule has 0 saturated carbocycles. The molecule has 0 aliphatic carbocycles. The van der Waals surface area contributed by atoms with E-state index in [0.717, 1.165) is 17.7 Å². The number of hydrogen-bond donors (Lipinski definition) is 0. The number of alkyl halides is 1. The summed E-state index contributed by atoms with van der Waals surface area (Å²) in [6, 6.07) is 4.78. The van der Waals surface area contributed by atoms with Crippen LogP contribution >= 0.6 is 15.9 Å². The normalized spacial score (nSPS) is 21.6. The van der Waals surface area contributed by atoms with E-state index >= 15 is 0 Å². The molecule has 1 unspecified atom stereocenters. The molecule has 0 spiro atoms. The van der Waals surface area contributed by atoms with Gasteiger partial charge >= 0.3 is 0 Å². The lowest BCUT2D eigenvalue weighted by Crippen LogP contribution is -2.28. The van der Waals surface area contributed by atoms with Crippen LogP contribution in [-0.2, 0) is 5.33 Å². The van der Waals surface area contributed by atoms with Gasteiger partial charge in [0.1, 0.15) is 5.82 Å². The van der Waals surface area contributed by atoms with Gasteiger partial charge in [-0.15, -0.1) is 0 Å². The molecule has 1 aliphatic heterocycles. The quantitative estimate of drug-likeness (QED) is 0.755. The fraction of sp³-hybridized carbons (Fsp3) is 0.545. The first kappa shape index (κ1) is 9.97. The monoisotopic (exact) mass is 254 g/mol. The van der Waals surface area contributed by atoms with E-state index < -0.39 is 0 Å². The summed E-state index contributed by atoms with van der Waals surface area (Å²) in [7, 11) is 0. The zero-order chi connectivity index (χ0) is 9.97. The van der Waals surface area contributed by atoms with Gasteiger partial charge in [0.2, 0.25) is 0 Å². The van der Waals surface area contributed by atoms with Crippen LogP contribution in [0.1, 0.15) is 25.3 Å². The Balaban J connectivity index is 2.30. The third-order valence-electron chi connectivity index (χ3n) is 2.84. The maximum Gasteiger partial charge on any atom is 0.132 e. The van der Waals surface area contributed by atoms with Crippen LogP contribution in [0.4, 0.5) is 5.82 Å². The second-order valence-corrected chi connectivity index (χ2v) is 4.37. The number of rotatable bonds is 2. The molecule has 1 aromatic rings. The SMILES string of the molecule is CC1CCCN1c1ncccc1CBr. The highest BCUT2D eigenvalue weighted by Gasteiger charge is 2.22. The van der Waals surface area contributed by atoms with Gasteiger partial charge in [0.15, 0.2) is 0 Å². The molecule has 1 fully saturated rings. The molecule has 0 bridgehead atoms. The van der Waals surface area contributed by atoms with Gasteiger partial charge in [-0.1, -0.05) is 22.0 Å². The molecular formula is C11H15BrN2. The van der Waals surface area contributed by atoms with Crippen molar-refractivity contribution in [1.29, 1.82) is 0 Å². The third kappa shape index (κ3) is 1.78. The van der Waals surface area contributed by atoms with Crippen molar-refractivity contribution < 1.29 is 0 Å². The Morgan fingerprint density at radius 2 is 2.50 bits per heavy atom. The molecule has 2 heterocycles. The number of aromatic nitrogens is 1. The Kier molecular flexibility index (Phi) is 3.06. The van der Waals surface area contributed by atoms with E-state index in [1.165, 1.54) is 18.4 Å². The second-order valence-electron chi connectivity index (χ2n) is 3.80. The summed E-state index contributed by atoms with van der Waals surface area (Å²) in [5, 5.41) is 0.888. The van der Waals surface area contributed by atoms with Crippen molar-refractivity contribution in [2.75, 3.05) is 11.4 Å². The van der Waals surface area contributed by atoms with Crippen LogP contribution in [0, 0.1) is 0 Å². The average molecular weight is 255 g/mol. The molecule has 0 aromatic carbocycles. The van der Waals surface area contributed by atoms with Gasteiger partial charge < -0.3 is 4.90 Å². The summed E-state index contributed by atoms with van der Waals surface area (Å²) >= 11 is 3.51. The van der Waals surface area contributed by atoms with Gasteiger partial charge in [0.05, 0.1) is 0 Å². The van der Waals surface area contributed by atoms with E-state index in [0.29, 0.717) is 6.04 Å². The van der Waals surface area contributed by atoms with Crippen molar-refractivity contribution in [1.82, 2.24) is 4.98 Å². The summed E-state index contributed by atoms with van der Waals surface area (Å²) < 4.78 is 0. The van der Waals surface area contributed by atoms with Crippen LogP contribution in [0.25, 0.3) is 0 Å². The number of nitrogens with zero attached hydrogens (tertiary/aromatic N) is 2. The molecule has 0 amide bonds. The predicted molar refractivity (Wildman–Crippen MR) is 62.9 cm³/mol. The van der Waals surface area contributed by atoms with E-state index in [9.17, 15) is 0 Å². The Morgan fingerprint density at radius 1 is 1.64 bits per heavy atom. The summed E-state index contributed by atoms with van der Waals surface area (Å²) in [5.74, 6) is 1.16. The van der Waals surface area contributed by atoms with Gasteiger partial charge in [0.25, 0.3) is 0 Å². The maximum atomic E-state index is 4.48. The van der Waals surface area contributed by atoms with Crippen LogP contribution in [0.3, 0.4) is 0 Å². The summed E-state index contributed by atoms with van der Waals surface area (Å²) in [6.45, 7) is 3.43. The molecule has 1 saturated heterocycles. The molecule has 1 aliphatic rings. The molecule has 1 atom stereocenters. The van der Waals surface area contributed by atoms with Crippen molar-refractivity contribution in [3.05, 3.63) is 23.9 Å². The van der Waals surface area contributed by atoms with E-state index in [-0.39, 0.29) is 0 Å². The molecular weight excluding hydrogens is 240 g/mol. The molecule has 3 heteroatoms. The third-order valence-corrected chi connectivity index (χ3v) is 3.44. The zero-order valence-corrected chi connectivity index (χ0v) is 10.00. The molecule has 2 rings (SSSR count). The first-order valence-electron chi connectivity index (χ1n) is 5.09. The Morgan fingerprint density at radius 3 is 3.14 bits per heavy atom. The molecule has 1 aromatic heterocycles. The van der Waals surface area contributed by atoms with E-state index in [1.54, 1.807) is 0 Å². The lowest BCUT2D eigenvalue weighted by Gasteiger charge is -2.24. The van der Waals surface area contributed by atoms with Gasteiger partial charge in [0, 0.05) is 29.7 Å². The molecule has 14 heavy (non-hydrogen) atoms. The maximum absolute atomic E-state index is 4.48. The summed E-state index contributed by atoms with van der Waals surface area (Å²) in [4.78, 5) is 6.89. The molecule has 2 nitrogen and oxygen atoms in total. The first-order valence-corrected chi connectivity index (χ1v) is 6.21. The lowest BCUT2D eigenvalue weighted by atomic mass is 10.2. The molecule has 76 valence electrons. The zero-order valence-electron chi connectivity index (χ0n) is 8.41. The van der Waals surface area contributed by atoms with Crippen LogP contribution < -0.4 is 4.90 Å². The topological polar surface area (TPSA) is 16.1 Å². The molecule has 0 N–H and O–H groups in total. The van der Waals surface area contributed by atoms with Crippen molar-refractivity contribution in [3.8, 4) is 0 Å². The summed E-state index contributed by atoms with van der Waals surface area (Å²) in [6.07, 6.45) is 4.46. The predicted octanol–water partition coefficient (Wildman–Crippen LogP) is 2.97. The minimum atomic E-state index is 0.641. The smallest absolute Gasteiger partial charge is 0.132 e. The van der Waals surface area contributed by atoms with E-state index in [4.69, 9.17) is 0 Å². The summed E-state index contributed by atoms with van der Waals surface area (Å²) in [5.41, 5.74) is 1.29. The van der Waals surface area contributed by atoms with Crippen molar-refractivity contribution in [3.63, 3.8) is 0 Å². The first-order chi connectivity index (χ1) is 6.83.